The summed E-state index contributed by atoms with van der Waals surface area (Å²) in [6.45, 7) is 12.1. The fourth-order valence-electron chi connectivity index (χ4n) is 7.90. The first kappa shape index (κ1) is 48.3. The summed E-state index contributed by atoms with van der Waals surface area (Å²) in [4.78, 5) is 96.9. The highest BCUT2D eigenvalue weighted by Gasteiger charge is 2.56. The molecule has 2 aromatic carbocycles. The van der Waals surface area contributed by atoms with Crippen LogP contribution in [0.1, 0.15) is 110 Å². The molecule has 0 saturated carbocycles. The average Bonchev–Trinajstić information content (AvgIpc) is 3.72. The number of Topliss-reactive ketones (excluding diaryl/α,β-unsaturated/α-hetero) is 2. The quantitative estimate of drug-likeness (QED) is 0.0606. The molecular weight excluding hydrogens is 781 g/mol. The van der Waals surface area contributed by atoms with Crippen LogP contribution < -0.4 is 27.0 Å². The number of carbonyl (C=O) groups is 7. The Morgan fingerprint density at radius 2 is 1.56 bits per heavy atom. The van der Waals surface area contributed by atoms with Gasteiger partial charge in [-0.15, -0.1) is 6.58 Å². The Labute approximate surface area is 359 Å². The number of fused-ring (bicyclic) bond motifs is 1. The lowest BCUT2D eigenvalue weighted by Crippen LogP contribution is -2.58. The van der Waals surface area contributed by atoms with Gasteiger partial charge in [0.1, 0.15) is 24.7 Å². The van der Waals surface area contributed by atoms with Gasteiger partial charge in [-0.1, -0.05) is 99.3 Å². The molecule has 5 amide bonds. The predicted molar refractivity (Wildman–Crippen MR) is 229 cm³/mol. The minimum atomic E-state index is -1.28. The standard InChI is InChI=1S/C46H64N6O9/c1-7-9-11-19-25-34(50-44(59)60-29-30-20-15-12-16-21-30)43(58)52-28-35-32(26-45(3,4)61-35)38(52)41(56)49-33(24-14-10-8-2)39(54)42(57)48-27-36(53)51-37(40(55)46(5,6)47)31-22-17-13-18-23-31/h7,12-13,15-18,20-23,32-35,37-38H,1,8-11,14,19,24-29,47H2,2-6H3,(H,48,57)(H,49,56)(H,50,59)(H,51,53)/t32-,33-,34-,35-,37-,38-/m0/s1. The van der Waals surface area contributed by atoms with Crippen LogP contribution in [-0.2, 0) is 44.8 Å². The number of hydrogen-bond acceptors (Lipinski definition) is 10. The summed E-state index contributed by atoms with van der Waals surface area (Å²) in [7, 11) is 0. The van der Waals surface area contributed by atoms with Gasteiger partial charge in [0.25, 0.3) is 5.91 Å². The van der Waals surface area contributed by atoms with Crippen molar-refractivity contribution in [3.8, 4) is 0 Å². The maximum Gasteiger partial charge on any atom is 0.408 e. The number of nitrogens with one attached hydrogen (secondary N) is 4. The number of ether oxygens (including phenoxy) is 2. The average molecular weight is 845 g/mol. The van der Waals surface area contributed by atoms with Crippen LogP contribution >= 0.6 is 0 Å². The summed E-state index contributed by atoms with van der Waals surface area (Å²) in [5.41, 5.74) is 5.48. The molecule has 4 rings (SSSR count). The van der Waals surface area contributed by atoms with Crippen molar-refractivity contribution in [1.29, 1.82) is 0 Å². The van der Waals surface area contributed by atoms with Crippen molar-refractivity contribution >= 4 is 41.3 Å². The lowest BCUT2D eigenvalue weighted by molar-refractivity contribution is -0.144. The van der Waals surface area contributed by atoms with E-state index in [1.807, 2.05) is 51.1 Å². The zero-order chi connectivity index (χ0) is 44.7. The van der Waals surface area contributed by atoms with Crippen LogP contribution in [0, 0.1) is 5.92 Å². The Bertz CT molecular complexity index is 1850. The van der Waals surface area contributed by atoms with Gasteiger partial charge in [0.2, 0.25) is 23.5 Å². The molecule has 0 aromatic heterocycles. The summed E-state index contributed by atoms with van der Waals surface area (Å²) >= 11 is 0. The number of nitrogens with zero attached hydrogens (tertiary/aromatic N) is 1. The monoisotopic (exact) mass is 844 g/mol. The van der Waals surface area contributed by atoms with E-state index < -0.39 is 95.2 Å². The largest absolute Gasteiger partial charge is 0.445 e. The molecule has 2 aromatic rings. The smallest absolute Gasteiger partial charge is 0.408 e. The van der Waals surface area contributed by atoms with Crippen LogP contribution in [0.25, 0.3) is 0 Å². The number of rotatable bonds is 23. The van der Waals surface area contributed by atoms with E-state index in [1.54, 1.807) is 36.4 Å². The fraction of sp³-hybridized carbons (Fsp3) is 0.543. The highest BCUT2D eigenvalue weighted by atomic mass is 16.5. The van der Waals surface area contributed by atoms with E-state index in [-0.39, 0.29) is 26.0 Å². The molecule has 15 nitrogen and oxygen atoms in total. The molecular formula is C46H64N6O9. The molecule has 61 heavy (non-hydrogen) atoms. The second-order valence-electron chi connectivity index (χ2n) is 17.2. The molecule has 2 saturated heterocycles. The van der Waals surface area contributed by atoms with Crippen molar-refractivity contribution in [1.82, 2.24) is 26.2 Å². The van der Waals surface area contributed by atoms with Gasteiger partial charge in [-0.3, -0.25) is 28.8 Å². The Morgan fingerprint density at radius 3 is 2.20 bits per heavy atom. The molecule has 0 unspecified atom stereocenters. The van der Waals surface area contributed by atoms with E-state index >= 15 is 0 Å². The summed E-state index contributed by atoms with van der Waals surface area (Å²) < 4.78 is 11.8. The lowest BCUT2D eigenvalue weighted by atomic mass is 9.89. The number of alkyl carbamates (subject to hydrolysis) is 1. The van der Waals surface area contributed by atoms with Crippen LogP contribution in [-0.4, -0.2) is 94.6 Å². The van der Waals surface area contributed by atoms with Crippen molar-refractivity contribution < 1.29 is 43.0 Å². The third-order valence-electron chi connectivity index (χ3n) is 11.0. The Balaban J connectivity index is 1.51. The number of ketones is 2. The first-order chi connectivity index (χ1) is 28.9. The zero-order valence-corrected chi connectivity index (χ0v) is 36.2. The number of carbonyl (C=O) groups excluding carboxylic acids is 7. The Hall–Kier alpha value is -5.41. The first-order valence-corrected chi connectivity index (χ1v) is 21.3. The first-order valence-electron chi connectivity index (χ1n) is 21.3. The topological polar surface area (TPSA) is 215 Å². The van der Waals surface area contributed by atoms with Crippen molar-refractivity contribution in [2.24, 2.45) is 11.7 Å². The molecule has 6 N–H and O–H groups in total. The van der Waals surface area contributed by atoms with Crippen molar-refractivity contribution in [3.63, 3.8) is 0 Å². The molecule has 0 bridgehead atoms. The number of unbranched alkanes of at least 4 members (excludes halogenated alkanes) is 4. The third-order valence-corrected chi connectivity index (χ3v) is 11.0. The van der Waals surface area contributed by atoms with Gasteiger partial charge >= 0.3 is 6.09 Å². The molecule has 0 spiro atoms. The van der Waals surface area contributed by atoms with Gasteiger partial charge in [0.15, 0.2) is 5.78 Å². The van der Waals surface area contributed by atoms with Gasteiger partial charge in [0, 0.05) is 12.5 Å². The Morgan fingerprint density at radius 1 is 0.918 bits per heavy atom. The van der Waals surface area contributed by atoms with E-state index in [2.05, 4.69) is 27.8 Å². The van der Waals surface area contributed by atoms with Gasteiger partial charge < -0.3 is 41.4 Å². The van der Waals surface area contributed by atoms with Gasteiger partial charge in [-0.05, 0) is 70.9 Å². The molecule has 0 radical (unpaired) electrons. The maximum atomic E-state index is 14.5. The van der Waals surface area contributed by atoms with E-state index in [0.29, 0.717) is 31.2 Å². The van der Waals surface area contributed by atoms with E-state index in [9.17, 15) is 33.6 Å². The van der Waals surface area contributed by atoms with E-state index in [4.69, 9.17) is 15.2 Å². The summed E-state index contributed by atoms with van der Waals surface area (Å²) in [5.74, 6) is -4.81. The minimum Gasteiger partial charge on any atom is -0.445 e. The predicted octanol–water partition coefficient (Wildman–Crippen LogP) is 4.34. The number of benzene rings is 2. The third kappa shape index (κ3) is 14.1. The number of allylic oxidation sites excluding steroid dienone is 1. The SMILES string of the molecule is C=CCCCC[C@H](NC(=O)OCc1ccccc1)C(=O)N1C[C@@H]2OC(C)(C)C[C@@H]2[C@H]1C(=O)N[C@@H](CCCCC)C(=O)C(=O)NCC(=O)N[C@H](C(=O)C(C)(C)N)c1ccccc1. The van der Waals surface area contributed by atoms with Crippen LogP contribution in [0.3, 0.4) is 0 Å². The van der Waals surface area contributed by atoms with E-state index in [0.717, 1.165) is 24.8 Å². The minimum absolute atomic E-state index is 0.00191. The molecule has 2 heterocycles. The normalized spacial score (nSPS) is 19.4. The lowest BCUT2D eigenvalue weighted by Gasteiger charge is -2.32. The number of amides is 5. The Kier molecular flexibility index (Phi) is 17.8. The highest BCUT2D eigenvalue weighted by molar-refractivity contribution is 6.38. The summed E-state index contributed by atoms with van der Waals surface area (Å²) in [5, 5.41) is 10.5. The molecule has 2 fully saturated rings. The summed E-state index contributed by atoms with van der Waals surface area (Å²) in [6, 6.07) is 13.2. The van der Waals surface area contributed by atoms with Gasteiger partial charge in [-0.2, -0.15) is 0 Å². The van der Waals surface area contributed by atoms with Crippen molar-refractivity contribution in [3.05, 3.63) is 84.4 Å². The number of nitrogens with two attached hydrogens (primary N) is 1. The maximum absolute atomic E-state index is 14.5. The van der Waals surface area contributed by atoms with Crippen molar-refractivity contribution in [2.75, 3.05) is 13.1 Å². The van der Waals surface area contributed by atoms with Crippen molar-refractivity contribution in [2.45, 2.75) is 140 Å². The molecule has 332 valence electrons. The van der Waals surface area contributed by atoms with Crippen LogP contribution in [0.5, 0.6) is 0 Å². The molecule has 2 aliphatic heterocycles. The molecule has 6 atom stereocenters. The second kappa shape index (κ2) is 22.4. The zero-order valence-electron chi connectivity index (χ0n) is 36.2. The van der Waals surface area contributed by atoms with E-state index in [1.165, 1.54) is 18.7 Å². The molecule has 0 aliphatic carbocycles. The molecule has 15 heteroatoms. The molecule has 2 aliphatic rings. The highest BCUT2D eigenvalue weighted by Crippen LogP contribution is 2.43. The van der Waals surface area contributed by atoms with Crippen LogP contribution in [0.4, 0.5) is 4.79 Å². The second-order valence-corrected chi connectivity index (χ2v) is 17.2. The van der Waals surface area contributed by atoms with Crippen LogP contribution in [0.15, 0.2) is 73.3 Å². The number of likely N-dealkylation sites (tertiary alicyclic amines) is 1. The van der Waals surface area contributed by atoms with Crippen LogP contribution in [0.2, 0.25) is 0 Å². The summed E-state index contributed by atoms with van der Waals surface area (Å²) in [6.07, 6.45) is 5.40. The number of hydrogen-bond donors (Lipinski definition) is 5. The van der Waals surface area contributed by atoms with Gasteiger partial charge in [-0.25, -0.2) is 4.79 Å². The van der Waals surface area contributed by atoms with Gasteiger partial charge in [0.05, 0.1) is 29.8 Å². The fourth-order valence-corrected chi connectivity index (χ4v) is 7.90.